The van der Waals surface area contributed by atoms with Gasteiger partial charge < -0.3 is 5.32 Å². The minimum atomic E-state index is 0.153. The summed E-state index contributed by atoms with van der Waals surface area (Å²) in [7, 11) is 0. The molecule has 2 aromatic heterocycles. The fourth-order valence-electron chi connectivity index (χ4n) is 1.91. The maximum absolute atomic E-state index is 4.17. The first-order valence-electron chi connectivity index (χ1n) is 6.64. The SMILES string of the molecule is CC(C)CNC(C)c1nnnn1C(C)c1cccs1. The van der Waals surface area contributed by atoms with Gasteiger partial charge in [-0.2, -0.15) is 0 Å². The van der Waals surface area contributed by atoms with Crippen molar-refractivity contribution < 1.29 is 0 Å². The molecule has 2 unspecified atom stereocenters. The Balaban J connectivity index is 2.13. The number of hydrogen-bond acceptors (Lipinski definition) is 5. The number of aromatic nitrogens is 4. The highest BCUT2D eigenvalue weighted by Crippen LogP contribution is 2.24. The van der Waals surface area contributed by atoms with Crippen molar-refractivity contribution in [3.8, 4) is 0 Å². The lowest BCUT2D eigenvalue weighted by atomic mass is 10.2. The van der Waals surface area contributed by atoms with Crippen LogP contribution in [0.5, 0.6) is 0 Å². The van der Waals surface area contributed by atoms with Gasteiger partial charge in [0.1, 0.15) is 0 Å². The van der Waals surface area contributed by atoms with Crippen LogP contribution in [0.15, 0.2) is 17.5 Å². The van der Waals surface area contributed by atoms with Gasteiger partial charge in [-0.05, 0) is 48.2 Å². The Labute approximate surface area is 118 Å². The fourth-order valence-corrected chi connectivity index (χ4v) is 2.68. The lowest BCUT2D eigenvalue weighted by molar-refractivity contribution is 0.442. The molecular formula is C13H21N5S. The molecule has 19 heavy (non-hydrogen) atoms. The molecule has 0 aliphatic rings. The van der Waals surface area contributed by atoms with Crippen molar-refractivity contribution >= 4 is 11.3 Å². The topological polar surface area (TPSA) is 55.6 Å². The highest BCUT2D eigenvalue weighted by Gasteiger charge is 2.19. The van der Waals surface area contributed by atoms with Crippen LogP contribution in [0.4, 0.5) is 0 Å². The summed E-state index contributed by atoms with van der Waals surface area (Å²) < 4.78 is 1.91. The zero-order valence-corrected chi connectivity index (χ0v) is 12.7. The van der Waals surface area contributed by atoms with E-state index in [0.29, 0.717) is 5.92 Å². The number of hydrogen-bond donors (Lipinski definition) is 1. The third-order valence-electron chi connectivity index (χ3n) is 3.06. The largest absolute Gasteiger partial charge is 0.307 e. The molecule has 6 heteroatoms. The molecule has 0 aliphatic heterocycles. The first-order chi connectivity index (χ1) is 9.09. The molecular weight excluding hydrogens is 258 g/mol. The molecule has 0 aromatic carbocycles. The number of thiophene rings is 1. The third kappa shape index (κ3) is 3.39. The molecule has 104 valence electrons. The van der Waals surface area contributed by atoms with Crippen molar-refractivity contribution in [1.29, 1.82) is 0 Å². The van der Waals surface area contributed by atoms with Crippen molar-refractivity contribution in [2.45, 2.75) is 39.8 Å². The standard InChI is InChI=1S/C13H21N5S/c1-9(2)8-14-10(3)13-15-16-17-18(13)11(4)12-6-5-7-19-12/h5-7,9-11,14H,8H2,1-4H3. The Morgan fingerprint density at radius 3 is 2.74 bits per heavy atom. The smallest absolute Gasteiger partial charge is 0.168 e. The first kappa shape index (κ1) is 14.1. The zero-order valence-electron chi connectivity index (χ0n) is 11.9. The summed E-state index contributed by atoms with van der Waals surface area (Å²) >= 11 is 1.73. The number of rotatable bonds is 6. The Morgan fingerprint density at radius 1 is 1.32 bits per heavy atom. The first-order valence-corrected chi connectivity index (χ1v) is 7.52. The van der Waals surface area contributed by atoms with Gasteiger partial charge in [0, 0.05) is 4.88 Å². The van der Waals surface area contributed by atoms with E-state index in [-0.39, 0.29) is 12.1 Å². The van der Waals surface area contributed by atoms with Gasteiger partial charge in [0.25, 0.3) is 0 Å². The average molecular weight is 279 g/mol. The molecule has 0 radical (unpaired) electrons. The normalized spacial score (nSPS) is 14.8. The summed E-state index contributed by atoms with van der Waals surface area (Å²) in [4.78, 5) is 1.27. The van der Waals surface area contributed by atoms with E-state index in [1.807, 2.05) is 4.68 Å². The molecule has 0 spiro atoms. The molecule has 0 bridgehead atoms. The maximum Gasteiger partial charge on any atom is 0.168 e. The van der Waals surface area contributed by atoms with E-state index in [1.165, 1.54) is 4.88 Å². The Hall–Kier alpha value is -1.27. The molecule has 0 saturated carbocycles. The molecule has 2 heterocycles. The van der Waals surface area contributed by atoms with Crippen molar-refractivity contribution in [2.24, 2.45) is 5.92 Å². The fraction of sp³-hybridized carbons (Fsp3) is 0.615. The second kappa shape index (κ2) is 6.25. The van der Waals surface area contributed by atoms with Crippen LogP contribution in [-0.4, -0.2) is 26.8 Å². The summed E-state index contributed by atoms with van der Waals surface area (Å²) in [5.74, 6) is 1.50. The van der Waals surface area contributed by atoms with Crippen LogP contribution in [0.25, 0.3) is 0 Å². The van der Waals surface area contributed by atoms with Gasteiger partial charge in [-0.15, -0.1) is 16.4 Å². The predicted octanol–water partition coefficient (Wildman–Crippen LogP) is 2.65. The Kier molecular flexibility index (Phi) is 4.66. The second-order valence-electron chi connectivity index (χ2n) is 5.20. The van der Waals surface area contributed by atoms with Crippen LogP contribution >= 0.6 is 11.3 Å². The average Bonchev–Trinajstić information content (AvgIpc) is 3.05. The van der Waals surface area contributed by atoms with Crippen LogP contribution < -0.4 is 5.32 Å². The quantitative estimate of drug-likeness (QED) is 0.883. The molecule has 5 nitrogen and oxygen atoms in total. The van der Waals surface area contributed by atoms with E-state index in [0.717, 1.165) is 12.4 Å². The Morgan fingerprint density at radius 2 is 2.11 bits per heavy atom. The third-order valence-corrected chi connectivity index (χ3v) is 4.10. The van der Waals surface area contributed by atoms with E-state index < -0.39 is 0 Å². The van der Waals surface area contributed by atoms with Crippen LogP contribution in [0.3, 0.4) is 0 Å². The van der Waals surface area contributed by atoms with Crippen LogP contribution in [0.1, 0.15) is 50.5 Å². The van der Waals surface area contributed by atoms with Gasteiger partial charge in [0.2, 0.25) is 0 Å². The lowest BCUT2D eigenvalue weighted by Crippen LogP contribution is -2.27. The van der Waals surface area contributed by atoms with Crippen molar-refractivity contribution in [3.05, 3.63) is 28.2 Å². The Bertz CT molecular complexity index is 491. The molecule has 2 atom stereocenters. The van der Waals surface area contributed by atoms with E-state index in [1.54, 1.807) is 11.3 Å². The van der Waals surface area contributed by atoms with Crippen LogP contribution in [0, 0.1) is 5.92 Å². The minimum absolute atomic E-state index is 0.153. The van der Waals surface area contributed by atoms with Crippen LogP contribution in [-0.2, 0) is 0 Å². The van der Waals surface area contributed by atoms with E-state index in [9.17, 15) is 0 Å². The number of nitrogens with zero attached hydrogens (tertiary/aromatic N) is 4. The van der Waals surface area contributed by atoms with Gasteiger partial charge >= 0.3 is 0 Å². The summed E-state index contributed by atoms with van der Waals surface area (Å²) in [6.07, 6.45) is 0. The molecule has 2 rings (SSSR count). The number of tetrazole rings is 1. The van der Waals surface area contributed by atoms with E-state index >= 15 is 0 Å². The predicted molar refractivity (Wildman–Crippen MR) is 77.2 cm³/mol. The summed E-state index contributed by atoms with van der Waals surface area (Å²) in [5, 5.41) is 17.7. The van der Waals surface area contributed by atoms with Gasteiger partial charge in [-0.3, -0.25) is 0 Å². The van der Waals surface area contributed by atoms with E-state index in [2.05, 4.69) is 66.0 Å². The zero-order chi connectivity index (χ0) is 13.8. The van der Waals surface area contributed by atoms with Gasteiger partial charge in [0.15, 0.2) is 5.82 Å². The van der Waals surface area contributed by atoms with E-state index in [4.69, 9.17) is 0 Å². The minimum Gasteiger partial charge on any atom is -0.307 e. The van der Waals surface area contributed by atoms with Crippen molar-refractivity contribution in [2.75, 3.05) is 6.54 Å². The maximum atomic E-state index is 4.17. The molecule has 0 aliphatic carbocycles. The molecule has 0 amide bonds. The second-order valence-corrected chi connectivity index (χ2v) is 6.18. The molecule has 0 saturated heterocycles. The highest BCUT2D eigenvalue weighted by atomic mass is 32.1. The monoisotopic (exact) mass is 279 g/mol. The van der Waals surface area contributed by atoms with Gasteiger partial charge in [0.05, 0.1) is 12.1 Å². The molecule has 2 aromatic rings. The summed E-state index contributed by atoms with van der Waals surface area (Å²) in [6.45, 7) is 9.57. The summed E-state index contributed by atoms with van der Waals surface area (Å²) in [5.41, 5.74) is 0. The van der Waals surface area contributed by atoms with Crippen LogP contribution in [0.2, 0.25) is 0 Å². The number of nitrogens with one attached hydrogen (secondary N) is 1. The van der Waals surface area contributed by atoms with Gasteiger partial charge in [-0.25, -0.2) is 4.68 Å². The highest BCUT2D eigenvalue weighted by molar-refractivity contribution is 7.10. The lowest BCUT2D eigenvalue weighted by Gasteiger charge is -2.17. The molecule has 1 N–H and O–H groups in total. The summed E-state index contributed by atoms with van der Waals surface area (Å²) in [6, 6.07) is 4.50. The van der Waals surface area contributed by atoms with Crippen molar-refractivity contribution in [3.63, 3.8) is 0 Å². The van der Waals surface area contributed by atoms with Gasteiger partial charge in [-0.1, -0.05) is 19.9 Å². The molecule has 0 fully saturated rings. The van der Waals surface area contributed by atoms with Crippen molar-refractivity contribution in [1.82, 2.24) is 25.5 Å².